The van der Waals surface area contributed by atoms with Crippen molar-refractivity contribution in [2.45, 2.75) is 14.7 Å². The normalized spacial score (nSPS) is 12.7. The van der Waals surface area contributed by atoms with Crippen molar-refractivity contribution < 1.29 is 71.5 Å². The molecule has 0 unspecified atom stereocenters. The van der Waals surface area contributed by atoms with Crippen molar-refractivity contribution in [3.8, 4) is 5.75 Å². The monoisotopic (exact) mass is 889 g/mol. The first-order valence-electron chi connectivity index (χ1n) is 15.4. The van der Waals surface area contributed by atoms with Gasteiger partial charge in [0.1, 0.15) is 21.2 Å². The minimum atomic E-state index is -5.34. The summed E-state index contributed by atoms with van der Waals surface area (Å²) in [5, 5.41) is 37.7. The van der Waals surface area contributed by atoms with Crippen LogP contribution in [0.5, 0.6) is 5.75 Å². The molecule has 0 saturated heterocycles. The molecule has 0 radical (unpaired) electrons. The standard InChI is InChI=1S/C29H28FN9O15S4/c1-2-55(43,44)12-11-54-10-9-31-28-33-27(30)34-29(35-28)32-16-7-8-20(19(13-16)26(41)42)36-38-25(18-5-3-4-6-22(18)57(48,49)50)39-37-21-14-17(56(45,46)47)15-23(24(21)40)58(51,52)53/h2-8,13-15,37,40H,1,9-12H2,(H,41,42)(H,45,46,47)(H,48,49,50)(H,51,52,53)(H2,31,32,33,34,35)/b38-36?,39-25+. The fourth-order valence-corrected chi connectivity index (χ4v) is 6.77. The molecule has 0 aliphatic carbocycles. The van der Waals surface area contributed by atoms with Gasteiger partial charge in [-0.05, 0) is 42.5 Å². The molecule has 0 spiro atoms. The van der Waals surface area contributed by atoms with Gasteiger partial charge in [-0.3, -0.25) is 19.1 Å². The average Bonchev–Trinajstić information content (AvgIpc) is 3.12. The molecule has 0 saturated carbocycles. The van der Waals surface area contributed by atoms with Crippen molar-refractivity contribution in [3.63, 3.8) is 0 Å². The minimum absolute atomic E-state index is 0.0130. The molecule has 29 heteroatoms. The van der Waals surface area contributed by atoms with Gasteiger partial charge >= 0.3 is 12.0 Å². The van der Waals surface area contributed by atoms with E-state index < -0.39 is 107 Å². The maximum absolute atomic E-state index is 14.2. The zero-order valence-electron chi connectivity index (χ0n) is 28.8. The Kier molecular flexibility index (Phi) is 13.9. The first-order chi connectivity index (χ1) is 27.0. The van der Waals surface area contributed by atoms with E-state index in [-0.39, 0.29) is 43.2 Å². The number of azo groups is 1. The van der Waals surface area contributed by atoms with Gasteiger partial charge in [0.2, 0.25) is 17.7 Å². The highest BCUT2D eigenvalue weighted by molar-refractivity contribution is 7.94. The van der Waals surface area contributed by atoms with E-state index in [2.05, 4.69) is 47.5 Å². The van der Waals surface area contributed by atoms with Crippen molar-refractivity contribution >= 4 is 81.0 Å². The van der Waals surface area contributed by atoms with Gasteiger partial charge in [-0.25, -0.2) is 13.2 Å². The molecule has 58 heavy (non-hydrogen) atoms. The number of phenolic OH excluding ortho intramolecular Hbond substituents is 1. The number of ether oxygens (including phenoxy) is 1. The molecule has 0 fully saturated rings. The Morgan fingerprint density at radius 3 is 2.16 bits per heavy atom. The van der Waals surface area contributed by atoms with Crippen LogP contribution in [-0.2, 0) is 44.9 Å². The predicted octanol–water partition coefficient (Wildman–Crippen LogP) is 2.44. The van der Waals surface area contributed by atoms with Crippen LogP contribution in [-0.4, -0.2) is 110 Å². The highest BCUT2D eigenvalue weighted by Gasteiger charge is 2.25. The fraction of sp³-hybridized carbons (Fsp3) is 0.138. The lowest BCUT2D eigenvalue weighted by Crippen LogP contribution is -2.16. The Bertz CT molecular complexity index is 2770. The largest absolute Gasteiger partial charge is 0.504 e. The summed E-state index contributed by atoms with van der Waals surface area (Å²) in [6.07, 6.45) is -1.25. The first kappa shape index (κ1) is 44.6. The van der Waals surface area contributed by atoms with Crippen molar-refractivity contribution in [1.82, 2.24) is 15.0 Å². The van der Waals surface area contributed by atoms with Crippen LogP contribution in [0.2, 0.25) is 0 Å². The Labute approximate surface area is 327 Å². The van der Waals surface area contributed by atoms with E-state index >= 15 is 0 Å². The molecule has 0 aliphatic heterocycles. The lowest BCUT2D eigenvalue weighted by molar-refractivity contribution is 0.0697. The molecule has 24 nitrogen and oxygen atoms in total. The number of amidine groups is 1. The van der Waals surface area contributed by atoms with E-state index in [1.54, 1.807) is 0 Å². The fourth-order valence-electron chi connectivity index (χ4n) is 4.32. The molecule has 0 aliphatic rings. The van der Waals surface area contributed by atoms with Crippen molar-refractivity contribution in [1.29, 1.82) is 0 Å². The summed E-state index contributed by atoms with van der Waals surface area (Å²) in [6.45, 7) is 3.03. The van der Waals surface area contributed by atoms with Crippen molar-refractivity contribution in [2.24, 2.45) is 15.3 Å². The number of benzene rings is 3. The topological polar surface area (TPSA) is 376 Å². The number of rotatable bonds is 18. The molecule has 1 heterocycles. The number of anilines is 4. The van der Waals surface area contributed by atoms with Gasteiger partial charge < -0.3 is 25.6 Å². The van der Waals surface area contributed by atoms with E-state index in [4.69, 9.17) is 4.74 Å². The number of hydrazone groups is 1. The summed E-state index contributed by atoms with van der Waals surface area (Å²) >= 11 is 0. The molecule has 4 aromatic rings. The molecule has 8 N–H and O–H groups in total. The second-order valence-electron chi connectivity index (χ2n) is 11.0. The molecule has 4 rings (SSSR count). The third kappa shape index (κ3) is 12.2. The molecule has 1 aromatic heterocycles. The van der Waals surface area contributed by atoms with Gasteiger partial charge in [0.15, 0.2) is 15.6 Å². The lowest BCUT2D eigenvalue weighted by Gasteiger charge is -2.11. The predicted molar refractivity (Wildman–Crippen MR) is 198 cm³/mol. The maximum atomic E-state index is 14.2. The van der Waals surface area contributed by atoms with Gasteiger partial charge in [0.05, 0.1) is 29.4 Å². The van der Waals surface area contributed by atoms with Crippen LogP contribution in [0.1, 0.15) is 15.9 Å². The third-order valence-electron chi connectivity index (χ3n) is 6.95. The Balaban J connectivity index is 1.68. The molecule has 3 aromatic carbocycles. The summed E-state index contributed by atoms with van der Waals surface area (Å²) in [5.74, 6) is -4.76. The number of nitrogens with one attached hydrogen (secondary N) is 3. The summed E-state index contributed by atoms with van der Waals surface area (Å²) in [4.78, 5) is 19.8. The van der Waals surface area contributed by atoms with Crippen LogP contribution in [0.15, 0.2) is 96.6 Å². The lowest BCUT2D eigenvalue weighted by atomic mass is 10.1. The van der Waals surface area contributed by atoms with Crippen LogP contribution in [0, 0.1) is 6.08 Å². The highest BCUT2D eigenvalue weighted by atomic mass is 32.2. The van der Waals surface area contributed by atoms with Crippen LogP contribution in [0.25, 0.3) is 0 Å². The highest BCUT2D eigenvalue weighted by Crippen LogP contribution is 2.35. The maximum Gasteiger partial charge on any atom is 0.338 e. The Morgan fingerprint density at radius 1 is 0.845 bits per heavy atom. The summed E-state index contributed by atoms with van der Waals surface area (Å²) < 4.78 is 143. The van der Waals surface area contributed by atoms with Crippen molar-refractivity contribution in [3.05, 3.63) is 83.8 Å². The van der Waals surface area contributed by atoms with Crippen LogP contribution >= 0.6 is 0 Å². The van der Waals surface area contributed by atoms with E-state index in [9.17, 15) is 66.7 Å². The SMILES string of the molecule is C=CS(=O)(=O)CCOCCNc1nc(F)nc(Nc2ccc(N=N/C(=N/Nc3cc(S(=O)(=O)O)cc(S(=O)(=O)O)c3O)c3ccccc3S(=O)(=O)O)c(C(=O)O)c2)n1. The van der Waals surface area contributed by atoms with E-state index in [1.165, 1.54) is 18.2 Å². The van der Waals surface area contributed by atoms with Gasteiger partial charge in [-0.15, -0.1) is 10.2 Å². The Hall–Kier alpha value is -6.08. The molecule has 0 bridgehead atoms. The zero-order valence-corrected chi connectivity index (χ0v) is 32.1. The van der Waals surface area contributed by atoms with Gasteiger partial charge in [0.25, 0.3) is 30.4 Å². The smallest absolute Gasteiger partial charge is 0.338 e. The molecule has 0 amide bonds. The number of hydrogen-bond donors (Lipinski definition) is 8. The quantitative estimate of drug-likeness (QED) is 0.0135. The van der Waals surface area contributed by atoms with E-state index in [0.29, 0.717) is 6.07 Å². The van der Waals surface area contributed by atoms with Crippen LogP contribution in [0.4, 0.5) is 33.3 Å². The number of carbonyl (C=O) groups is 1. The number of carboxylic acids is 1. The number of carboxylic acid groups (broad SMARTS) is 1. The van der Waals surface area contributed by atoms with Crippen LogP contribution in [0.3, 0.4) is 0 Å². The average molecular weight is 890 g/mol. The van der Waals surface area contributed by atoms with Gasteiger partial charge in [0, 0.05) is 23.2 Å². The summed E-state index contributed by atoms with van der Waals surface area (Å²) in [6, 6.07) is 8.28. The molecule has 0 atom stereocenters. The molecule has 310 valence electrons. The summed E-state index contributed by atoms with van der Waals surface area (Å²) in [5.41, 5.74) is -0.526. The summed E-state index contributed by atoms with van der Waals surface area (Å²) in [7, 11) is -19.0. The third-order valence-corrected chi connectivity index (χ3v) is 10.8. The number of hydrogen-bond acceptors (Lipinski definition) is 19. The van der Waals surface area contributed by atoms with Crippen molar-refractivity contribution in [2.75, 3.05) is 41.6 Å². The molecular weight excluding hydrogens is 862 g/mol. The number of aromatic nitrogens is 3. The van der Waals surface area contributed by atoms with Gasteiger partial charge in [-0.1, -0.05) is 18.7 Å². The number of aromatic hydroxyl groups is 1. The second kappa shape index (κ2) is 18.0. The molecular formula is C29H28FN9O15S4. The number of nitrogens with zero attached hydrogens (tertiary/aromatic N) is 6. The van der Waals surface area contributed by atoms with E-state index in [1.807, 2.05) is 5.43 Å². The minimum Gasteiger partial charge on any atom is -0.504 e. The van der Waals surface area contributed by atoms with Crippen LogP contribution < -0.4 is 16.1 Å². The van der Waals surface area contributed by atoms with E-state index in [0.717, 1.165) is 29.7 Å². The van der Waals surface area contributed by atoms with Gasteiger partial charge in [-0.2, -0.15) is 49.7 Å². The first-order valence-corrected chi connectivity index (χ1v) is 21.4. The zero-order chi connectivity index (χ0) is 43.1. The second-order valence-corrected chi connectivity index (χ2v) is 17.2. The number of sulfone groups is 1. The number of aromatic carboxylic acids is 1. The Morgan fingerprint density at radius 2 is 1.52 bits per heavy atom. The number of phenols is 1. The number of halogens is 1.